The monoisotopic (exact) mass is 316 g/mol. The first-order chi connectivity index (χ1) is 9.98. The number of nitrogens with one attached hydrogen (secondary N) is 1. The van der Waals surface area contributed by atoms with E-state index in [1.807, 2.05) is 11.7 Å². The van der Waals surface area contributed by atoms with E-state index in [-0.39, 0.29) is 11.6 Å². The van der Waals surface area contributed by atoms with E-state index in [9.17, 15) is 0 Å². The van der Waals surface area contributed by atoms with Crippen LogP contribution < -0.4 is 5.32 Å². The molecule has 0 spiro atoms. The van der Waals surface area contributed by atoms with E-state index in [1.165, 1.54) is 0 Å². The van der Waals surface area contributed by atoms with E-state index in [2.05, 4.69) is 43.3 Å². The van der Waals surface area contributed by atoms with Crippen LogP contribution in [0.4, 0.5) is 0 Å². The predicted molar refractivity (Wildman–Crippen MR) is 87.9 cm³/mol. The Morgan fingerprint density at radius 2 is 2.05 bits per heavy atom. The molecule has 0 aliphatic heterocycles. The third-order valence-corrected chi connectivity index (χ3v) is 4.85. The van der Waals surface area contributed by atoms with E-state index in [0.717, 1.165) is 18.5 Å². The van der Waals surface area contributed by atoms with Crippen LogP contribution in [0.15, 0.2) is 6.20 Å². The molecule has 1 atom stereocenters. The average molecular weight is 317 g/mol. The molecule has 0 aliphatic rings. The average Bonchev–Trinajstić information content (AvgIpc) is 2.83. The molecule has 0 saturated heterocycles. The van der Waals surface area contributed by atoms with Gasteiger partial charge in [0.05, 0.1) is 36.1 Å². The Morgan fingerprint density at radius 1 is 1.43 bits per heavy atom. The van der Waals surface area contributed by atoms with Crippen LogP contribution >= 0.6 is 11.6 Å². The van der Waals surface area contributed by atoms with E-state index in [1.54, 1.807) is 13.3 Å². The van der Waals surface area contributed by atoms with Crippen molar-refractivity contribution in [2.75, 3.05) is 34.9 Å². The van der Waals surface area contributed by atoms with Gasteiger partial charge in [-0.3, -0.25) is 4.68 Å². The third-order valence-electron chi connectivity index (χ3n) is 4.56. The lowest BCUT2D eigenvalue weighted by molar-refractivity contribution is 0.0864. The Bertz CT molecular complexity index is 429. The molecule has 122 valence electrons. The van der Waals surface area contributed by atoms with Crippen LogP contribution in [0, 0.1) is 0 Å². The van der Waals surface area contributed by atoms with Crippen molar-refractivity contribution in [3.05, 3.63) is 16.9 Å². The van der Waals surface area contributed by atoms with Gasteiger partial charge >= 0.3 is 0 Å². The van der Waals surface area contributed by atoms with Crippen LogP contribution in [-0.2, 0) is 11.3 Å². The van der Waals surface area contributed by atoms with Gasteiger partial charge in [0.15, 0.2) is 0 Å². The van der Waals surface area contributed by atoms with Gasteiger partial charge in [-0.2, -0.15) is 5.10 Å². The maximum absolute atomic E-state index is 6.44. The number of rotatable bonds is 9. The Morgan fingerprint density at radius 3 is 2.48 bits per heavy atom. The minimum atomic E-state index is -0.0107. The fourth-order valence-electron chi connectivity index (χ4n) is 3.22. The third kappa shape index (κ3) is 3.59. The molecule has 1 heterocycles. The second-order valence-corrected chi connectivity index (χ2v) is 5.93. The molecule has 0 saturated carbocycles. The zero-order valence-electron chi connectivity index (χ0n) is 14.1. The summed E-state index contributed by atoms with van der Waals surface area (Å²) < 4.78 is 7.13. The highest BCUT2D eigenvalue weighted by atomic mass is 35.5. The lowest BCUT2D eigenvalue weighted by atomic mass is 9.81. The van der Waals surface area contributed by atoms with Gasteiger partial charge in [-0.1, -0.05) is 25.4 Å². The SMILES string of the molecule is CCC(CC)(C(NC)c1c(Cl)cnn1CCOC)N(C)C. The summed E-state index contributed by atoms with van der Waals surface area (Å²) in [4.78, 5) is 2.29. The van der Waals surface area contributed by atoms with Crippen molar-refractivity contribution in [2.24, 2.45) is 0 Å². The summed E-state index contributed by atoms with van der Waals surface area (Å²) in [7, 11) is 7.93. The number of aromatic nitrogens is 2. The number of hydrogen-bond acceptors (Lipinski definition) is 4. The van der Waals surface area contributed by atoms with Crippen molar-refractivity contribution in [2.45, 2.75) is 44.8 Å². The summed E-state index contributed by atoms with van der Waals surface area (Å²) in [5, 5.41) is 8.58. The van der Waals surface area contributed by atoms with Crippen LogP contribution in [0.1, 0.15) is 38.4 Å². The zero-order valence-corrected chi connectivity index (χ0v) is 14.9. The highest BCUT2D eigenvalue weighted by Crippen LogP contribution is 2.38. The van der Waals surface area contributed by atoms with Crippen LogP contribution in [0.3, 0.4) is 0 Å². The summed E-state index contributed by atoms with van der Waals surface area (Å²) >= 11 is 6.44. The molecular weight excluding hydrogens is 288 g/mol. The minimum Gasteiger partial charge on any atom is -0.383 e. The molecule has 5 nitrogen and oxygen atoms in total. The molecule has 0 radical (unpaired) electrons. The fraction of sp³-hybridized carbons (Fsp3) is 0.800. The summed E-state index contributed by atoms with van der Waals surface area (Å²) in [6.07, 6.45) is 3.77. The molecule has 1 N–H and O–H groups in total. The summed E-state index contributed by atoms with van der Waals surface area (Å²) in [6, 6.07) is 0.106. The molecule has 1 rings (SSSR count). The number of nitrogens with zero attached hydrogens (tertiary/aromatic N) is 3. The molecule has 0 bridgehead atoms. The van der Waals surface area contributed by atoms with Crippen molar-refractivity contribution in [3.63, 3.8) is 0 Å². The van der Waals surface area contributed by atoms with E-state index in [4.69, 9.17) is 16.3 Å². The minimum absolute atomic E-state index is 0.0107. The lowest BCUT2D eigenvalue weighted by Crippen LogP contribution is -2.53. The second kappa shape index (κ2) is 8.13. The Hall–Kier alpha value is -0.620. The molecule has 6 heteroatoms. The van der Waals surface area contributed by atoms with Gasteiger partial charge < -0.3 is 15.0 Å². The second-order valence-electron chi connectivity index (χ2n) is 5.52. The molecule has 0 fully saturated rings. The van der Waals surface area contributed by atoms with Gasteiger partial charge in [-0.15, -0.1) is 0 Å². The summed E-state index contributed by atoms with van der Waals surface area (Å²) in [6.45, 7) is 5.76. The molecule has 1 aromatic heterocycles. The number of likely N-dealkylation sites (N-methyl/N-ethyl adjacent to an activating group) is 2. The summed E-state index contributed by atoms with van der Waals surface area (Å²) in [5.41, 5.74) is 1.03. The van der Waals surface area contributed by atoms with Crippen LogP contribution in [0.5, 0.6) is 0 Å². The highest BCUT2D eigenvalue weighted by Gasteiger charge is 2.40. The quantitative estimate of drug-likeness (QED) is 0.760. The van der Waals surface area contributed by atoms with Crippen LogP contribution in [0.25, 0.3) is 0 Å². The number of methoxy groups -OCH3 is 1. The number of halogens is 1. The molecule has 0 aromatic carbocycles. The van der Waals surface area contributed by atoms with Crippen molar-refractivity contribution >= 4 is 11.6 Å². The molecule has 21 heavy (non-hydrogen) atoms. The maximum Gasteiger partial charge on any atom is 0.0834 e. The van der Waals surface area contributed by atoms with Gasteiger partial charge in [0.2, 0.25) is 0 Å². The van der Waals surface area contributed by atoms with Gasteiger partial charge in [-0.05, 0) is 34.0 Å². The van der Waals surface area contributed by atoms with Crippen LogP contribution in [0.2, 0.25) is 5.02 Å². The molecule has 0 amide bonds. The van der Waals surface area contributed by atoms with Crippen LogP contribution in [-0.4, -0.2) is 55.1 Å². The first-order valence-electron chi connectivity index (χ1n) is 7.53. The number of hydrogen-bond donors (Lipinski definition) is 1. The molecule has 1 aromatic rings. The van der Waals surface area contributed by atoms with Crippen molar-refractivity contribution < 1.29 is 4.74 Å². The Balaban J connectivity index is 3.28. The fourth-order valence-corrected chi connectivity index (χ4v) is 3.47. The van der Waals surface area contributed by atoms with E-state index < -0.39 is 0 Å². The topological polar surface area (TPSA) is 42.3 Å². The van der Waals surface area contributed by atoms with Gasteiger partial charge in [0.1, 0.15) is 0 Å². The van der Waals surface area contributed by atoms with Gasteiger partial charge in [0.25, 0.3) is 0 Å². The van der Waals surface area contributed by atoms with Crippen molar-refractivity contribution in [1.29, 1.82) is 0 Å². The number of ether oxygens (including phenoxy) is 1. The normalized spacial score (nSPS) is 13.9. The van der Waals surface area contributed by atoms with E-state index >= 15 is 0 Å². The Labute approximate surface area is 133 Å². The van der Waals surface area contributed by atoms with E-state index in [0.29, 0.717) is 18.2 Å². The first-order valence-corrected chi connectivity index (χ1v) is 7.91. The Kier molecular flexibility index (Phi) is 7.13. The molecule has 1 unspecified atom stereocenters. The first kappa shape index (κ1) is 18.4. The maximum atomic E-state index is 6.44. The highest BCUT2D eigenvalue weighted by molar-refractivity contribution is 6.31. The smallest absolute Gasteiger partial charge is 0.0834 e. The zero-order chi connectivity index (χ0) is 16.0. The molecule has 0 aliphatic carbocycles. The van der Waals surface area contributed by atoms with Crippen molar-refractivity contribution in [3.8, 4) is 0 Å². The molecular formula is C15H29ClN4O. The standard InChI is InChI=1S/C15H29ClN4O/c1-7-15(8-2,19(4)5)14(17-3)13-12(16)11-18-20(13)9-10-21-6/h11,14,17H,7-10H2,1-6H3. The predicted octanol–water partition coefficient (Wildman–Crippen LogP) is 2.56. The largest absolute Gasteiger partial charge is 0.383 e. The van der Waals surface area contributed by atoms with Gasteiger partial charge in [-0.25, -0.2) is 0 Å². The lowest BCUT2D eigenvalue weighted by Gasteiger charge is -2.45. The van der Waals surface area contributed by atoms with Gasteiger partial charge in [0, 0.05) is 12.6 Å². The van der Waals surface area contributed by atoms with Crippen molar-refractivity contribution in [1.82, 2.24) is 20.0 Å². The summed E-state index contributed by atoms with van der Waals surface area (Å²) in [5.74, 6) is 0.